The Morgan fingerprint density at radius 2 is 2.05 bits per heavy atom. The van der Waals surface area contributed by atoms with Crippen LogP contribution in [-0.2, 0) is 17.7 Å². The number of carbonyl (C=O) groups is 1. The highest BCUT2D eigenvalue weighted by molar-refractivity contribution is 7.11. The van der Waals surface area contributed by atoms with E-state index < -0.39 is 5.60 Å². The molecule has 0 aliphatic carbocycles. The molecule has 0 aromatic carbocycles. The molecule has 1 aliphatic heterocycles. The van der Waals surface area contributed by atoms with Crippen LogP contribution in [0, 0.1) is 0 Å². The van der Waals surface area contributed by atoms with Gasteiger partial charge in [-0.25, -0.2) is 4.79 Å². The van der Waals surface area contributed by atoms with Crippen molar-refractivity contribution in [1.29, 1.82) is 0 Å². The quantitative estimate of drug-likeness (QED) is 0.928. The van der Waals surface area contributed by atoms with E-state index in [4.69, 9.17) is 4.74 Å². The van der Waals surface area contributed by atoms with Crippen molar-refractivity contribution in [3.05, 3.63) is 21.9 Å². The van der Waals surface area contributed by atoms with E-state index in [2.05, 4.69) is 24.4 Å². The molecule has 0 saturated carbocycles. The fourth-order valence-electron chi connectivity index (χ4n) is 2.04. The predicted molar refractivity (Wildman–Crippen MR) is 82.1 cm³/mol. The number of aryl methyl sites for hydroxylation is 1. The second kappa shape index (κ2) is 6.14. The van der Waals surface area contributed by atoms with Crippen LogP contribution in [-0.4, -0.2) is 35.7 Å². The Kier molecular flexibility index (Phi) is 4.70. The molecule has 1 fully saturated rings. The first-order valence-electron chi connectivity index (χ1n) is 7.16. The molecular weight excluding hydrogens is 272 g/mol. The summed E-state index contributed by atoms with van der Waals surface area (Å²) in [5.41, 5.74) is -0.414. The van der Waals surface area contributed by atoms with Gasteiger partial charge in [0.25, 0.3) is 0 Å². The van der Waals surface area contributed by atoms with Crippen LogP contribution in [0.3, 0.4) is 0 Å². The molecule has 1 aromatic heterocycles. The minimum atomic E-state index is -0.414. The van der Waals surface area contributed by atoms with E-state index in [9.17, 15) is 4.79 Å². The largest absolute Gasteiger partial charge is 0.444 e. The minimum absolute atomic E-state index is 0.208. The Morgan fingerprint density at radius 1 is 1.40 bits per heavy atom. The standard InChI is InChI=1S/C15H24N2O2S/c1-5-12-6-7-13(20-12)8-16-11-9-17(10-11)14(18)19-15(2,3)4/h6-7,11,16H,5,8-10H2,1-4H3. The number of thiophene rings is 1. The first-order chi connectivity index (χ1) is 9.37. The highest BCUT2D eigenvalue weighted by Gasteiger charge is 2.33. The summed E-state index contributed by atoms with van der Waals surface area (Å²) in [4.78, 5) is 16.3. The maximum Gasteiger partial charge on any atom is 0.410 e. The molecule has 2 heterocycles. The van der Waals surface area contributed by atoms with E-state index in [1.165, 1.54) is 9.75 Å². The van der Waals surface area contributed by atoms with Crippen molar-refractivity contribution in [2.45, 2.75) is 52.3 Å². The number of rotatable bonds is 4. The van der Waals surface area contributed by atoms with Crippen molar-refractivity contribution in [3.8, 4) is 0 Å². The summed E-state index contributed by atoms with van der Waals surface area (Å²) in [6, 6.07) is 4.76. The molecule has 0 unspecified atom stereocenters. The normalized spacial score (nSPS) is 16.1. The lowest BCUT2D eigenvalue weighted by Crippen LogP contribution is -2.60. The Bertz CT molecular complexity index is 459. The van der Waals surface area contributed by atoms with Crippen LogP contribution >= 0.6 is 11.3 Å². The van der Waals surface area contributed by atoms with Gasteiger partial charge in [0.2, 0.25) is 0 Å². The summed E-state index contributed by atoms with van der Waals surface area (Å²) in [5, 5.41) is 3.48. The molecule has 1 N–H and O–H groups in total. The van der Waals surface area contributed by atoms with Gasteiger partial charge in [0.1, 0.15) is 5.60 Å². The van der Waals surface area contributed by atoms with E-state index in [0.717, 1.165) is 26.1 Å². The fourth-order valence-corrected chi connectivity index (χ4v) is 2.94. The lowest BCUT2D eigenvalue weighted by Gasteiger charge is -2.40. The first-order valence-corrected chi connectivity index (χ1v) is 7.98. The molecular formula is C15H24N2O2S. The Hall–Kier alpha value is -1.07. The van der Waals surface area contributed by atoms with Gasteiger partial charge in [-0.15, -0.1) is 11.3 Å². The zero-order valence-electron chi connectivity index (χ0n) is 12.7. The molecule has 1 aliphatic rings. The minimum Gasteiger partial charge on any atom is -0.444 e. The summed E-state index contributed by atoms with van der Waals surface area (Å²) in [6.07, 6.45) is 0.889. The van der Waals surface area contributed by atoms with Gasteiger partial charge >= 0.3 is 6.09 Å². The number of hydrogen-bond acceptors (Lipinski definition) is 4. The summed E-state index contributed by atoms with van der Waals surface area (Å²) in [5.74, 6) is 0. The lowest BCUT2D eigenvalue weighted by atomic mass is 10.1. The number of amides is 1. The molecule has 0 atom stereocenters. The van der Waals surface area contributed by atoms with Crippen LogP contribution < -0.4 is 5.32 Å². The van der Waals surface area contributed by atoms with Gasteiger partial charge in [0.15, 0.2) is 0 Å². The highest BCUT2D eigenvalue weighted by atomic mass is 32.1. The zero-order valence-corrected chi connectivity index (χ0v) is 13.5. The van der Waals surface area contributed by atoms with Crippen LogP contribution in [0.5, 0.6) is 0 Å². The summed E-state index contributed by atoms with van der Waals surface area (Å²) in [7, 11) is 0. The highest BCUT2D eigenvalue weighted by Crippen LogP contribution is 2.18. The molecule has 1 aromatic rings. The second-order valence-electron chi connectivity index (χ2n) is 6.18. The van der Waals surface area contributed by atoms with Crippen molar-refractivity contribution >= 4 is 17.4 Å². The van der Waals surface area contributed by atoms with Crippen LogP contribution in [0.4, 0.5) is 4.79 Å². The molecule has 0 bridgehead atoms. The number of nitrogens with zero attached hydrogens (tertiary/aromatic N) is 1. The monoisotopic (exact) mass is 296 g/mol. The first kappa shape index (κ1) is 15.3. The smallest absolute Gasteiger partial charge is 0.410 e. The Balaban J connectivity index is 1.68. The lowest BCUT2D eigenvalue weighted by molar-refractivity contribution is 0.00521. The van der Waals surface area contributed by atoms with Crippen molar-refractivity contribution < 1.29 is 9.53 Å². The number of hydrogen-bond donors (Lipinski definition) is 1. The molecule has 1 amide bonds. The molecule has 112 valence electrons. The molecule has 4 nitrogen and oxygen atoms in total. The van der Waals surface area contributed by atoms with Gasteiger partial charge in [-0.2, -0.15) is 0 Å². The summed E-state index contributed by atoms with van der Waals surface area (Å²) >= 11 is 1.86. The zero-order chi connectivity index (χ0) is 14.8. The van der Waals surface area contributed by atoms with Gasteiger partial charge in [0.05, 0.1) is 0 Å². The molecule has 0 spiro atoms. The number of nitrogens with one attached hydrogen (secondary N) is 1. The third-order valence-electron chi connectivity index (χ3n) is 3.16. The van der Waals surface area contributed by atoms with Gasteiger partial charge < -0.3 is 15.0 Å². The molecule has 5 heteroatoms. The maximum atomic E-state index is 11.8. The second-order valence-corrected chi connectivity index (χ2v) is 7.44. The molecule has 1 saturated heterocycles. The Labute approximate surface area is 125 Å². The van der Waals surface area contributed by atoms with Crippen LogP contribution in [0.2, 0.25) is 0 Å². The van der Waals surface area contributed by atoms with E-state index in [-0.39, 0.29) is 6.09 Å². The van der Waals surface area contributed by atoms with Crippen molar-refractivity contribution in [1.82, 2.24) is 10.2 Å². The predicted octanol–water partition coefficient (Wildman–Crippen LogP) is 3.02. The number of carbonyl (C=O) groups excluding carboxylic acids is 1. The SMILES string of the molecule is CCc1ccc(CNC2CN(C(=O)OC(C)(C)C)C2)s1. The van der Waals surface area contributed by atoms with Gasteiger partial charge in [-0.3, -0.25) is 0 Å². The topological polar surface area (TPSA) is 41.6 Å². The average molecular weight is 296 g/mol. The van der Waals surface area contributed by atoms with Crippen LogP contribution in [0.1, 0.15) is 37.4 Å². The molecule has 0 radical (unpaired) electrons. The van der Waals surface area contributed by atoms with Crippen LogP contribution in [0.15, 0.2) is 12.1 Å². The van der Waals surface area contributed by atoms with E-state index in [0.29, 0.717) is 6.04 Å². The van der Waals surface area contributed by atoms with Gasteiger partial charge in [-0.05, 0) is 39.3 Å². The van der Waals surface area contributed by atoms with Gasteiger partial charge in [0, 0.05) is 35.4 Å². The average Bonchev–Trinajstić information content (AvgIpc) is 2.72. The van der Waals surface area contributed by atoms with E-state index >= 15 is 0 Å². The Morgan fingerprint density at radius 3 is 2.60 bits per heavy atom. The molecule has 20 heavy (non-hydrogen) atoms. The van der Waals surface area contributed by atoms with Gasteiger partial charge in [-0.1, -0.05) is 6.92 Å². The van der Waals surface area contributed by atoms with Crippen LogP contribution in [0.25, 0.3) is 0 Å². The third kappa shape index (κ3) is 4.21. The van der Waals surface area contributed by atoms with Crippen molar-refractivity contribution in [3.63, 3.8) is 0 Å². The summed E-state index contributed by atoms with van der Waals surface area (Å²) < 4.78 is 5.33. The van der Waals surface area contributed by atoms with E-state index in [1.54, 1.807) is 4.90 Å². The van der Waals surface area contributed by atoms with E-state index in [1.807, 2.05) is 32.1 Å². The van der Waals surface area contributed by atoms with Crippen molar-refractivity contribution in [2.24, 2.45) is 0 Å². The third-order valence-corrected chi connectivity index (χ3v) is 4.39. The number of ether oxygens (including phenoxy) is 1. The maximum absolute atomic E-state index is 11.8. The summed E-state index contributed by atoms with van der Waals surface area (Å²) in [6.45, 7) is 10.2. The fraction of sp³-hybridized carbons (Fsp3) is 0.667. The van der Waals surface area contributed by atoms with Crippen molar-refractivity contribution in [2.75, 3.05) is 13.1 Å². The number of likely N-dealkylation sites (tertiary alicyclic amines) is 1. The molecule has 2 rings (SSSR count).